The molecular weight excluding hydrogens is 399 g/mol. The monoisotopic (exact) mass is 418 g/mol. The van der Waals surface area contributed by atoms with Crippen molar-refractivity contribution in [2.45, 2.75) is 12.5 Å². The van der Waals surface area contributed by atoms with E-state index in [4.69, 9.17) is 18.0 Å². The van der Waals surface area contributed by atoms with E-state index in [2.05, 4.69) is 32.5 Å². The van der Waals surface area contributed by atoms with Gasteiger partial charge in [0.2, 0.25) is 0 Å². The SMILES string of the molecule is C#CCNC(=NC)NC1CCN(c2cccc(Cl)c2)C1.I. The molecule has 0 saturated carbocycles. The molecule has 2 rings (SSSR count). The van der Waals surface area contributed by atoms with Crippen molar-refractivity contribution in [1.29, 1.82) is 0 Å². The molecule has 1 aliphatic heterocycles. The summed E-state index contributed by atoms with van der Waals surface area (Å²) in [5, 5.41) is 7.23. The summed E-state index contributed by atoms with van der Waals surface area (Å²) in [6.45, 7) is 2.41. The number of terminal acetylenes is 1. The lowest BCUT2D eigenvalue weighted by Gasteiger charge is -2.20. The zero-order valence-electron chi connectivity index (χ0n) is 12.0. The van der Waals surface area contributed by atoms with Crippen LogP contribution in [0.1, 0.15) is 6.42 Å². The maximum atomic E-state index is 6.03. The van der Waals surface area contributed by atoms with Crippen LogP contribution in [0.15, 0.2) is 29.3 Å². The molecule has 1 aliphatic rings. The number of rotatable bonds is 3. The van der Waals surface area contributed by atoms with Gasteiger partial charge in [0.25, 0.3) is 0 Å². The zero-order chi connectivity index (χ0) is 14.4. The normalized spacial score (nSPS) is 17.9. The molecular formula is C15H20ClIN4. The Labute approximate surface area is 148 Å². The zero-order valence-corrected chi connectivity index (χ0v) is 15.1. The second kappa shape index (κ2) is 9.00. The van der Waals surface area contributed by atoms with Crippen molar-refractivity contribution in [3.63, 3.8) is 0 Å². The predicted molar refractivity (Wildman–Crippen MR) is 101 cm³/mol. The summed E-state index contributed by atoms with van der Waals surface area (Å²) in [6.07, 6.45) is 6.29. The molecule has 1 aromatic carbocycles. The van der Waals surface area contributed by atoms with Crippen molar-refractivity contribution >= 4 is 47.2 Å². The molecule has 2 N–H and O–H groups in total. The lowest BCUT2D eigenvalue weighted by Crippen LogP contribution is -2.44. The van der Waals surface area contributed by atoms with E-state index in [1.165, 1.54) is 0 Å². The number of hydrogen-bond acceptors (Lipinski definition) is 2. The summed E-state index contributed by atoms with van der Waals surface area (Å²) in [4.78, 5) is 6.48. The van der Waals surface area contributed by atoms with Gasteiger partial charge in [-0.05, 0) is 24.6 Å². The Morgan fingerprint density at radius 3 is 3.05 bits per heavy atom. The quantitative estimate of drug-likeness (QED) is 0.343. The van der Waals surface area contributed by atoms with Gasteiger partial charge in [0.15, 0.2) is 5.96 Å². The second-order valence-electron chi connectivity index (χ2n) is 4.69. The van der Waals surface area contributed by atoms with E-state index in [0.717, 1.165) is 36.2 Å². The fourth-order valence-electron chi connectivity index (χ4n) is 2.31. The van der Waals surface area contributed by atoms with Gasteiger partial charge in [0, 0.05) is 36.9 Å². The first-order valence-electron chi connectivity index (χ1n) is 6.64. The third-order valence-electron chi connectivity index (χ3n) is 3.28. The van der Waals surface area contributed by atoms with E-state index >= 15 is 0 Å². The number of hydrogen-bond donors (Lipinski definition) is 2. The third kappa shape index (κ3) is 5.29. The van der Waals surface area contributed by atoms with Crippen LogP contribution in [-0.2, 0) is 0 Å². The topological polar surface area (TPSA) is 39.7 Å². The lowest BCUT2D eigenvalue weighted by molar-refractivity contribution is 0.655. The van der Waals surface area contributed by atoms with E-state index in [1.54, 1.807) is 7.05 Å². The smallest absolute Gasteiger partial charge is 0.192 e. The summed E-state index contributed by atoms with van der Waals surface area (Å²) in [7, 11) is 1.75. The van der Waals surface area contributed by atoms with Gasteiger partial charge in [-0.3, -0.25) is 4.99 Å². The van der Waals surface area contributed by atoms with Crippen LogP contribution in [0.5, 0.6) is 0 Å². The fourth-order valence-corrected chi connectivity index (χ4v) is 2.49. The predicted octanol–water partition coefficient (Wildman–Crippen LogP) is 2.33. The van der Waals surface area contributed by atoms with Crippen molar-refractivity contribution in [3.05, 3.63) is 29.3 Å². The van der Waals surface area contributed by atoms with Crippen LogP contribution in [0.2, 0.25) is 5.02 Å². The van der Waals surface area contributed by atoms with Crippen LogP contribution >= 0.6 is 35.6 Å². The molecule has 6 heteroatoms. The molecule has 0 aliphatic carbocycles. The van der Waals surface area contributed by atoms with Crippen molar-refractivity contribution < 1.29 is 0 Å². The van der Waals surface area contributed by atoms with E-state index in [1.807, 2.05) is 18.2 Å². The van der Waals surface area contributed by atoms with E-state index in [-0.39, 0.29) is 24.0 Å². The standard InChI is InChI=1S/C15H19ClN4.HI/c1-3-8-18-15(17-2)19-13-7-9-20(11-13)14-6-4-5-12(16)10-14;/h1,4-6,10,13H,7-9,11H2,2H3,(H2,17,18,19);1H. The highest BCUT2D eigenvalue weighted by Gasteiger charge is 2.23. The Morgan fingerprint density at radius 2 is 2.38 bits per heavy atom. The number of halogens is 2. The number of nitrogens with one attached hydrogen (secondary N) is 2. The van der Waals surface area contributed by atoms with Gasteiger partial charge in [0.05, 0.1) is 6.54 Å². The molecule has 1 aromatic rings. The highest BCUT2D eigenvalue weighted by Crippen LogP contribution is 2.23. The molecule has 114 valence electrons. The summed E-state index contributed by atoms with van der Waals surface area (Å²) in [6, 6.07) is 8.31. The molecule has 0 radical (unpaired) electrons. The molecule has 0 aromatic heterocycles. The van der Waals surface area contributed by atoms with Crippen LogP contribution in [0.25, 0.3) is 0 Å². The Kier molecular flexibility index (Phi) is 7.68. The summed E-state index contributed by atoms with van der Waals surface area (Å²) >= 11 is 6.03. The summed E-state index contributed by atoms with van der Waals surface area (Å²) < 4.78 is 0. The number of guanidine groups is 1. The van der Waals surface area contributed by atoms with Crippen LogP contribution in [0, 0.1) is 12.3 Å². The van der Waals surface area contributed by atoms with Gasteiger partial charge in [-0.2, -0.15) is 0 Å². The van der Waals surface area contributed by atoms with Crippen molar-refractivity contribution in [3.8, 4) is 12.3 Å². The molecule has 1 fully saturated rings. The molecule has 0 amide bonds. The molecule has 0 spiro atoms. The highest BCUT2D eigenvalue weighted by atomic mass is 127. The third-order valence-corrected chi connectivity index (χ3v) is 3.52. The van der Waals surface area contributed by atoms with Crippen LogP contribution in [0.4, 0.5) is 5.69 Å². The minimum Gasteiger partial charge on any atom is -0.369 e. The minimum atomic E-state index is 0. The van der Waals surface area contributed by atoms with Crippen molar-refractivity contribution in [1.82, 2.24) is 10.6 Å². The number of aliphatic imine (C=N–C) groups is 1. The Hall–Kier alpha value is -1.13. The fraction of sp³-hybridized carbons (Fsp3) is 0.400. The maximum absolute atomic E-state index is 6.03. The largest absolute Gasteiger partial charge is 0.369 e. The molecule has 1 unspecified atom stereocenters. The first kappa shape index (κ1) is 17.9. The molecule has 4 nitrogen and oxygen atoms in total. The van der Waals surface area contributed by atoms with Gasteiger partial charge in [-0.25, -0.2) is 0 Å². The van der Waals surface area contributed by atoms with Gasteiger partial charge in [-0.1, -0.05) is 23.6 Å². The van der Waals surface area contributed by atoms with Crippen molar-refractivity contribution in [2.24, 2.45) is 4.99 Å². The lowest BCUT2D eigenvalue weighted by atomic mass is 10.3. The van der Waals surface area contributed by atoms with Gasteiger partial charge < -0.3 is 15.5 Å². The van der Waals surface area contributed by atoms with E-state index in [9.17, 15) is 0 Å². The van der Waals surface area contributed by atoms with E-state index < -0.39 is 0 Å². The van der Waals surface area contributed by atoms with E-state index in [0.29, 0.717) is 12.6 Å². The molecule has 21 heavy (non-hydrogen) atoms. The van der Waals surface area contributed by atoms with Gasteiger partial charge in [-0.15, -0.1) is 30.4 Å². The highest BCUT2D eigenvalue weighted by molar-refractivity contribution is 14.0. The molecule has 1 saturated heterocycles. The Balaban J connectivity index is 0.00000220. The van der Waals surface area contributed by atoms with Gasteiger partial charge in [0.1, 0.15) is 0 Å². The first-order valence-corrected chi connectivity index (χ1v) is 7.02. The van der Waals surface area contributed by atoms with Crippen LogP contribution in [-0.4, -0.2) is 38.7 Å². The number of benzene rings is 1. The van der Waals surface area contributed by atoms with Gasteiger partial charge >= 0.3 is 0 Å². The second-order valence-corrected chi connectivity index (χ2v) is 5.12. The molecule has 1 atom stereocenters. The number of anilines is 1. The molecule has 1 heterocycles. The average molecular weight is 419 g/mol. The first-order chi connectivity index (χ1) is 9.72. The summed E-state index contributed by atoms with van der Waals surface area (Å²) in [5.74, 6) is 3.29. The minimum absolute atomic E-state index is 0. The Bertz CT molecular complexity index is 527. The maximum Gasteiger partial charge on any atom is 0.192 e. The summed E-state index contributed by atoms with van der Waals surface area (Å²) in [5.41, 5.74) is 1.16. The van der Waals surface area contributed by atoms with Crippen LogP contribution < -0.4 is 15.5 Å². The Morgan fingerprint density at radius 1 is 1.57 bits per heavy atom. The van der Waals surface area contributed by atoms with Crippen LogP contribution in [0.3, 0.4) is 0 Å². The number of nitrogens with zero attached hydrogens (tertiary/aromatic N) is 2. The molecule has 0 bridgehead atoms. The van der Waals surface area contributed by atoms with Crippen molar-refractivity contribution in [2.75, 3.05) is 31.6 Å². The average Bonchev–Trinajstić information content (AvgIpc) is 2.92.